The van der Waals surface area contributed by atoms with Gasteiger partial charge in [0.05, 0.1) is 12.3 Å². The zero-order valence-corrected chi connectivity index (χ0v) is 19.6. The minimum Gasteiger partial charge on any atom is -0.383 e. The molecule has 0 aliphatic heterocycles. The van der Waals surface area contributed by atoms with Gasteiger partial charge in [0.1, 0.15) is 16.3 Å². The van der Waals surface area contributed by atoms with Gasteiger partial charge in [-0.15, -0.1) is 35.3 Å². The third-order valence-corrected chi connectivity index (χ3v) is 6.64. The molecule has 1 aromatic heterocycles. The molecule has 6 nitrogen and oxygen atoms in total. The van der Waals surface area contributed by atoms with Crippen molar-refractivity contribution in [3.63, 3.8) is 0 Å². The fourth-order valence-electron chi connectivity index (χ4n) is 2.35. The molecular formula is C18H25FIN3O3S2. The van der Waals surface area contributed by atoms with Crippen LogP contribution < -0.4 is 10.6 Å². The van der Waals surface area contributed by atoms with E-state index < -0.39 is 21.3 Å². The van der Waals surface area contributed by atoms with Gasteiger partial charge >= 0.3 is 0 Å². The minimum atomic E-state index is -3.75. The van der Waals surface area contributed by atoms with Crippen LogP contribution in [0.3, 0.4) is 0 Å². The third kappa shape index (κ3) is 6.98. The molecule has 1 aromatic carbocycles. The van der Waals surface area contributed by atoms with E-state index in [1.807, 2.05) is 24.4 Å². The first-order valence-electron chi connectivity index (χ1n) is 8.52. The molecule has 1 unspecified atom stereocenters. The van der Waals surface area contributed by atoms with Crippen LogP contribution in [0.25, 0.3) is 0 Å². The monoisotopic (exact) mass is 541 g/mol. The summed E-state index contributed by atoms with van der Waals surface area (Å²) in [7, 11) is -3.75. The lowest BCUT2D eigenvalue weighted by Gasteiger charge is -2.20. The lowest BCUT2D eigenvalue weighted by molar-refractivity contribution is 0.0711. The standard InChI is InChI=1S/C18H24FN3O3S2.HI/c1-3-20-17(22-13-18(2,23)16-9-6-11-26-16)21-10-12-27(24,25)15-8-5-4-7-14(15)19;/h4-9,11,23H,3,10,12-13H2,1-2H3,(H2,20,21,22);1H. The van der Waals surface area contributed by atoms with Crippen molar-refractivity contribution >= 4 is 51.1 Å². The molecule has 1 atom stereocenters. The van der Waals surface area contributed by atoms with Crippen LogP contribution in [-0.2, 0) is 15.4 Å². The maximum absolute atomic E-state index is 13.7. The number of hydrogen-bond donors (Lipinski definition) is 3. The number of halogens is 2. The van der Waals surface area contributed by atoms with Gasteiger partial charge in [-0.1, -0.05) is 18.2 Å². The van der Waals surface area contributed by atoms with Crippen molar-refractivity contribution in [2.45, 2.75) is 24.3 Å². The number of nitrogens with zero attached hydrogens (tertiary/aromatic N) is 1. The molecule has 3 N–H and O–H groups in total. The summed E-state index contributed by atoms with van der Waals surface area (Å²) < 4.78 is 38.3. The number of nitrogens with one attached hydrogen (secondary N) is 2. The Kier molecular flexibility index (Phi) is 9.81. The number of rotatable bonds is 8. The molecule has 0 amide bonds. The molecule has 0 fully saturated rings. The summed E-state index contributed by atoms with van der Waals surface area (Å²) in [6, 6.07) is 9.00. The van der Waals surface area contributed by atoms with Crippen LogP contribution in [0.2, 0.25) is 0 Å². The van der Waals surface area contributed by atoms with Crippen molar-refractivity contribution in [2.24, 2.45) is 4.99 Å². The van der Waals surface area contributed by atoms with Crippen molar-refractivity contribution in [3.05, 3.63) is 52.5 Å². The van der Waals surface area contributed by atoms with E-state index in [2.05, 4.69) is 15.6 Å². The third-order valence-electron chi connectivity index (χ3n) is 3.78. The first-order valence-corrected chi connectivity index (χ1v) is 11.1. The maximum Gasteiger partial charge on any atom is 0.191 e. The Balaban J connectivity index is 0.00000392. The fraction of sp³-hybridized carbons (Fsp3) is 0.389. The maximum atomic E-state index is 13.7. The number of sulfone groups is 1. The number of aliphatic hydroxyl groups is 1. The number of aliphatic imine (C=N–C) groups is 1. The van der Waals surface area contributed by atoms with E-state index in [1.165, 1.54) is 29.5 Å². The van der Waals surface area contributed by atoms with Crippen molar-refractivity contribution in [1.82, 2.24) is 10.6 Å². The van der Waals surface area contributed by atoms with Gasteiger partial charge in [0.15, 0.2) is 15.8 Å². The summed E-state index contributed by atoms with van der Waals surface area (Å²) in [6.45, 7) is 4.30. The van der Waals surface area contributed by atoms with Crippen molar-refractivity contribution in [2.75, 3.05) is 25.4 Å². The molecule has 0 saturated carbocycles. The van der Waals surface area contributed by atoms with Gasteiger partial charge in [0.2, 0.25) is 0 Å². The Morgan fingerprint density at radius 2 is 1.96 bits per heavy atom. The predicted molar refractivity (Wildman–Crippen MR) is 122 cm³/mol. The second-order valence-electron chi connectivity index (χ2n) is 6.12. The van der Waals surface area contributed by atoms with Crippen molar-refractivity contribution < 1.29 is 17.9 Å². The van der Waals surface area contributed by atoms with Crippen LogP contribution >= 0.6 is 35.3 Å². The second kappa shape index (κ2) is 11.1. The molecule has 0 radical (unpaired) electrons. The van der Waals surface area contributed by atoms with Crippen LogP contribution in [0.15, 0.2) is 51.7 Å². The molecule has 1 heterocycles. The molecule has 156 valence electrons. The first kappa shape index (κ1) is 24.8. The fourth-order valence-corrected chi connectivity index (χ4v) is 4.37. The highest BCUT2D eigenvalue weighted by atomic mass is 127. The lowest BCUT2D eigenvalue weighted by Crippen LogP contribution is -2.40. The first-order chi connectivity index (χ1) is 12.8. The second-order valence-corrected chi connectivity index (χ2v) is 9.15. The zero-order chi connectivity index (χ0) is 19.9. The highest BCUT2D eigenvalue weighted by Gasteiger charge is 2.24. The van der Waals surface area contributed by atoms with Crippen molar-refractivity contribution in [1.29, 1.82) is 0 Å². The molecule has 0 bridgehead atoms. The van der Waals surface area contributed by atoms with E-state index in [0.29, 0.717) is 12.5 Å². The molecule has 0 aliphatic carbocycles. The van der Waals surface area contributed by atoms with Crippen LogP contribution in [0.1, 0.15) is 18.7 Å². The largest absolute Gasteiger partial charge is 0.383 e. The number of benzene rings is 1. The Labute approximate surface area is 186 Å². The number of thiophene rings is 1. The number of guanidine groups is 1. The average Bonchev–Trinajstić information content (AvgIpc) is 3.15. The molecular weight excluding hydrogens is 516 g/mol. The topological polar surface area (TPSA) is 90.8 Å². The van der Waals surface area contributed by atoms with Crippen LogP contribution in [0, 0.1) is 5.82 Å². The molecule has 28 heavy (non-hydrogen) atoms. The minimum absolute atomic E-state index is 0. The van der Waals surface area contributed by atoms with E-state index in [4.69, 9.17) is 0 Å². The Morgan fingerprint density at radius 1 is 1.25 bits per heavy atom. The summed E-state index contributed by atoms with van der Waals surface area (Å²) in [5.74, 6) is -0.650. The Bertz CT molecular complexity index is 872. The van der Waals surface area contributed by atoms with Gasteiger partial charge < -0.3 is 15.7 Å². The SMILES string of the molecule is CCNC(=NCC(C)(O)c1cccs1)NCCS(=O)(=O)c1ccccc1F.I. The van der Waals surface area contributed by atoms with E-state index in [-0.39, 0.29) is 47.7 Å². The van der Waals surface area contributed by atoms with Gasteiger partial charge in [-0.25, -0.2) is 17.8 Å². The highest BCUT2D eigenvalue weighted by molar-refractivity contribution is 14.0. The Morgan fingerprint density at radius 3 is 2.57 bits per heavy atom. The van der Waals surface area contributed by atoms with Gasteiger partial charge in [0.25, 0.3) is 0 Å². The van der Waals surface area contributed by atoms with Crippen LogP contribution in [0.4, 0.5) is 4.39 Å². The number of hydrogen-bond acceptors (Lipinski definition) is 5. The molecule has 0 saturated heterocycles. The summed E-state index contributed by atoms with van der Waals surface area (Å²) in [5, 5.41) is 18.3. The van der Waals surface area contributed by atoms with Crippen LogP contribution in [0.5, 0.6) is 0 Å². The Hall–Kier alpha value is -1.24. The zero-order valence-electron chi connectivity index (χ0n) is 15.7. The predicted octanol–water partition coefficient (Wildman–Crippen LogP) is 2.74. The lowest BCUT2D eigenvalue weighted by atomic mass is 10.1. The van der Waals surface area contributed by atoms with Gasteiger partial charge in [-0.05, 0) is 37.4 Å². The van der Waals surface area contributed by atoms with E-state index in [1.54, 1.807) is 6.92 Å². The van der Waals surface area contributed by atoms with Gasteiger partial charge in [-0.2, -0.15) is 0 Å². The van der Waals surface area contributed by atoms with Gasteiger partial charge in [-0.3, -0.25) is 0 Å². The summed E-state index contributed by atoms with van der Waals surface area (Å²) in [6.07, 6.45) is 0. The highest BCUT2D eigenvalue weighted by Crippen LogP contribution is 2.25. The normalized spacial score (nSPS) is 14.1. The summed E-state index contributed by atoms with van der Waals surface area (Å²) >= 11 is 1.44. The quantitative estimate of drug-likeness (QED) is 0.272. The summed E-state index contributed by atoms with van der Waals surface area (Å²) in [4.78, 5) is 4.82. The molecule has 0 aliphatic rings. The van der Waals surface area contributed by atoms with E-state index in [9.17, 15) is 17.9 Å². The van der Waals surface area contributed by atoms with Crippen LogP contribution in [-0.4, -0.2) is 44.9 Å². The average molecular weight is 541 g/mol. The van der Waals surface area contributed by atoms with E-state index >= 15 is 0 Å². The van der Waals surface area contributed by atoms with Crippen molar-refractivity contribution in [3.8, 4) is 0 Å². The molecule has 2 rings (SSSR count). The summed E-state index contributed by atoms with van der Waals surface area (Å²) in [5.41, 5.74) is -1.12. The molecule has 2 aromatic rings. The van der Waals surface area contributed by atoms with Gasteiger partial charge in [0, 0.05) is 18.0 Å². The smallest absolute Gasteiger partial charge is 0.191 e. The molecule has 0 spiro atoms. The molecule has 10 heteroatoms. The van der Waals surface area contributed by atoms with E-state index in [0.717, 1.165) is 10.9 Å².